The molecule has 0 radical (unpaired) electrons. The first-order valence-electron chi connectivity index (χ1n) is 7.09. The standard InChI is InChI=1S/C16H20ClN3/c1-12-11-20(8-7-19(12)2)16-9-13(10-17)18-15-6-4-3-5-14(15)16/h3-6,9,12H,7-8,10-11H2,1-2H3. The average molecular weight is 290 g/mol. The number of aromatic nitrogens is 1. The Morgan fingerprint density at radius 2 is 2.10 bits per heavy atom. The molecule has 2 aromatic rings. The molecule has 106 valence electrons. The van der Waals surface area contributed by atoms with Gasteiger partial charge < -0.3 is 9.80 Å². The van der Waals surface area contributed by atoms with Crippen molar-refractivity contribution >= 4 is 28.2 Å². The minimum absolute atomic E-state index is 0.459. The van der Waals surface area contributed by atoms with Gasteiger partial charge in [-0.25, -0.2) is 0 Å². The number of pyridine rings is 1. The Balaban J connectivity index is 2.05. The van der Waals surface area contributed by atoms with E-state index >= 15 is 0 Å². The van der Waals surface area contributed by atoms with E-state index in [2.05, 4.69) is 53.0 Å². The van der Waals surface area contributed by atoms with E-state index in [0.717, 1.165) is 30.8 Å². The fourth-order valence-corrected chi connectivity index (χ4v) is 2.94. The summed E-state index contributed by atoms with van der Waals surface area (Å²) in [5.41, 5.74) is 3.25. The number of rotatable bonds is 2. The Morgan fingerprint density at radius 3 is 2.85 bits per heavy atom. The molecule has 0 N–H and O–H groups in total. The fourth-order valence-electron chi connectivity index (χ4n) is 2.81. The van der Waals surface area contributed by atoms with Gasteiger partial charge >= 0.3 is 0 Å². The van der Waals surface area contributed by atoms with Crippen LogP contribution in [-0.2, 0) is 5.88 Å². The molecule has 1 aliphatic heterocycles. The maximum atomic E-state index is 6.00. The van der Waals surface area contributed by atoms with E-state index in [4.69, 9.17) is 11.6 Å². The summed E-state index contributed by atoms with van der Waals surface area (Å²) in [4.78, 5) is 9.48. The van der Waals surface area contributed by atoms with E-state index in [-0.39, 0.29) is 0 Å². The Bertz CT molecular complexity index is 614. The highest BCUT2D eigenvalue weighted by molar-refractivity contribution is 6.17. The van der Waals surface area contributed by atoms with Crippen LogP contribution >= 0.6 is 11.6 Å². The summed E-state index contributed by atoms with van der Waals surface area (Å²) in [5.74, 6) is 0.459. The van der Waals surface area contributed by atoms with Crippen LogP contribution in [0.2, 0.25) is 0 Å². The average Bonchev–Trinajstić information content (AvgIpc) is 2.49. The summed E-state index contributed by atoms with van der Waals surface area (Å²) in [6, 6.07) is 11.0. The van der Waals surface area contributed by atoms with E-state index < -0.39 is 0 Å². The zero-order chi connectivity index (χ0) is 14.1. The van der Waals surface area contributed by atoms with Crippen molar-refractivity contribution in [3.05, 3.63) is 36.0 Å². The van der Waals surface area contributed by atoms with Gasteiger partial charge in [0.15, 0.2) is 0 Å². The molecule has 0 spiro atoms. The van der Waals surface area contributed by atoms with Crippen LogP contribution in [0.5, 0.6) is 0 Å². The first kappa shape index (κ1) is 13.7. The van der Waals surface area contributed by atoms with E-state index in [9.17, 15) is 0 Å². The number of para-hydroxylation sites is 1. The summed E-state index contributed by atoms with van der Waals surface area (Å²) in [6.45, 7) is 5.47. The van der Waals surface area contributed by atoms with Gasteiger partial charge in [0, 0.05) is 36.7 Å². The zero-order valence-corrected chi connectivity index (χ0v) is 12.8. The second kappa shape index (κ2) is 5.58. The van der Waals surface area contributed by atoms with Crippen molar-refractivity contribution in [2.24, 2.45) is 0 Å². The highest BCUT2D eigenvalue weighted by atomic mass is 35.5. The molecule has 1 saturated heterocycles. The zero-order valence-electron chi connectivity index (χ0n) is 12.0. The molecule has 1 atom stereocenters. The van der Waals surface area contributed by atoms with Gasteiger partial charge in [-0.05, 0) is 26.1 Å². The van der Waals surface area contributed by atoms with Crippen LogP contribution in [-0.4, -0.2) is 42.6 Å². The molecular formula is C16H20ClN3. The minimum Gasteiger partial charge on any atom is -0.368 e. The van der Waals surface area contributed by atoms with Gasteiger partial charge in [0.1, 0.15) is 0 Å². The molecule has 1 fully saturated rings. The molecule has 0 bridgehead atoms. The lowest BCUT2D eigenvalue weighted by Crippen LogP contribution is -2.50. The first-order chi connectivity index (χ1) is 9.69. The number of halogens is 1. The monoisotopic (exact) mass is 289 g/mol. The van der Waals surface area contributed by atoms with Crippen LogP contribution in [0.4, 0.5) is 5.69 Å². The normalized spacial score (nSPS) is 20.6. The third-order valence-electron chi connectivity index (χ3n) is 4.18. The van der Waals surface area contributed by atoms with Crippen molar-refractivity contribution in [2.45, 2.75) is 18.8 Å². The van der Waals surface area contributed by atoms with Crippen LogP contribution in [0.3, 0.4) is 0 Å². The topological polar surface area (TPSA) is 19.4 Å². The Kier molecular flexibility index (Phi) is 3.81. The summed E-state index contributed by atoms with van der Waals surface area (Å²) in [5, 5.41) is 1.22. The maximum absolute atomic E-state index is 6.00. The van der Waals surface area contributed by atoms with Crippen LogP contribution < -0.4 is 4.90 Å². The van der Waals surface area contributed by atoms with Gasteiger partial charge in [0.05, 0.1) is 17.1 Å². The summed E-state index contributed by atoms with van der Waals surface area (Å²) in [6.07, 6.45) is 0. The molecule has 20 heavy (non-hydrogen) atoms. The molecule has 4 heteroatoms. The number of fused-ring (bicyclic) bond motifs is 1. The van der Waals surface area contributed by atoms with Crippen LogP contribution in [0, 0.1) is 0 Å². The van der Waals surface area contributed by atoms with Gasteiger partial charge in [-0.3, -0.25) is 4.98 Å². The minimum atomic E-state index is 0.459. The first-order valence-corrected chi connectivity index (χ1v) is 7.62. The number of hydrogen-bond acceptors (Lipinski definition) is 3. The van der Waals surface area contributed by atoms with Crippen LogP contribution in [0.1, 0.15) is 12.6 Å². The largest absolute Gasteiger partial charge is 0.368 e. The number of likely N-dealkylation sites (N-methyl/N-ethyl adjacent to an activating group) is 1. The van der Waals surface area contributed by atoms with Crippen LogP contribution in [0.15, 0.2) is 30.3 Å². The van der Waals surface area contributed by atoms with Crippen molar-refractivity contribution in [3.63, 3.8) is 0 Å². The highest BCUT2D eigenvalue weighted by Crippen LogP contribution is 2.28. The van der Waals surface area contributed by atoms with Gasteiger partial charge in [0.25, 0.3) is 0 Å². The number of anilines is 1. The Hall–Kier alpha value is -1.32. The van der Waals surface area contributed by atoms with Gasteiger partial charge in [-0.2, -0.15) is 0 Å². The summed E-state index contributed by atoms with van der Waals surface area (Å²) in [7, 11) is 2.19. The Morgan fingerprint density at radius 1 is 1.30 bits per heavy atom. The summed E-state index contributed by atoms with van der Waals surface area (Å²) < 4.78 is 0. The molecule has 2 heterocycles. The quantitative estimate of drug-likeness (QED) is 0.792. The van der Waals surface area contributed by atoms with Crippen LogP contribution in [0.25, 0.3) is 10.9 Å². The van der Waals surface area contributed by atoms with E-state index in [1.165, 1.54) is 11.1 Å². The van der Waals surface area contributed by atoms with Crippen molar-refractivity contribution in [1.29, 1.82) is 0 Å². The second-order valence-electron chi connectivity index (χ2n) is 5.56. The predicted molar refractivity (Wildman–Crippen MR) is 85.6 cm³/mol. The second-order valence-corrected chi connectivity index (χ2v) is 5.83. The highest BCUT2D eigenvalue weighted by Gasteiger charge is 2.22. The van der Waals surface area contributed by atoms with Crippen molar-refractivity contribution in [3.8, 4) is 0 Å². The lowest BCUT2D eigenvalue weighted by atomic mass is 10.1. The molecular weight excluding hydrogens is 270 g/mol. The number of piperazine rings is 1. The third kappa shape index (κ3) is 2.48. The molecule has 0 amide bonds. The lowest BCUT2D eigenvalue weighted by molar-refractivity contribution is 0.234. The summed E-state index contributed by atoms with van der Waals surface area (Å²) >= 11 is 6.00. The molecule has 1 aromatic heterocycles. The molecule has 3 nitrogen and oxygen atoms in total. The fraction of sp³-hybridized carbons (Fsp3) is 0.438. The van der Waals surface area contributed by atoms with Gasteiger partial charge in [-0.15, -0.1) is 11.6 Å². The van der Waals surface area contributed by atoms with Gasteiger partial charge in [0.2, 0.25) is 0 Å². The van der Waals surface area contributed by atoms with Crippen molar-refractivity contribution < 1.29 is 0 Å². The third-order valence-corrected chi connectivity index (χ3v) is 4.46. The number of hydrogen-bond donors (Lipinski definition) is 0. The van der Waals surface area contributed by atoms with Crippen molar-refractivity contribution in [2.75, 3.05) is 31.6 Å². The maximum Gasteiger partial charge on any atom is 0.0726 e. The Labute approximate surface area is 125 Å². The predicted octanol–water partition coefficient (Wildman–Crippen LogP) is 3.11. The lowest BCUT2D eigenvalue weighted by Gasteiger charge is -2.39. The van der Waals surface area contributed by atoms with E-state index in [0.29, 0.717) is 11.9 Å². The molecule has 0 saturated carbocycles. The molecule has 1 aromatic carbocycles. The number of alkyl halides is 1. The SMILES string of the molecule is CC1CN(c2cc(CCl)nc3ccccc23)CCN1C. The number of nitrogens with zero attached hydrogens (tertiary/aromatic N) is 3. The molecule has 0 aliphatic carbocycles. The smallest absolute Gasteiger partial charge is 0.0726 e. The van der Waals surface area contributed by atoms with E-state index in [1.807, 2.05) is 6.07 Å². The van der Waals surface area contributed by atoms with Crippen molar-refractivity contribution in [1.82, 2.24) is 9.88 Å². The molecule has 3 rings (SSSR count). The number of benzene rings is 1. The molecule has 1 aliphatic rings. The van der Waals surface area contributed by atoms with Gasteiger partial charge in [-0.1, -0.05) is 18.2 Å². The molecule has 1 unspecified atom stereocenters. The van der Waals surface area contributed by atoms with E-state index in [1.54, 1.807) is 0 Å².